The Hall–Kier alpha value is -1.55. The van der Waals surface area contributed by atoms with E-state index < -0.39 is 11.5 Å². The third-order valence-electron chi connectivity index (χ3n) is 4.08. The maximum absolute atomic E-state index is 12.3. The molecular weight excluding hydrogens is 278 g/mol. The number of nitrogens with one attached hydrogen (secondary N) is 1. The van der Waals surface area contributed by atoms with Crippen LogP contribution in [0.3, 0.4) is 0 Å². The molecular formula is C18H27NO3. The Kier molecular flexibility index (Phi) is 4.81. The van der Waals surface area contributed by atoms with Crippen molar-refractivity contribution in [2.24, 2.45) is 5.41 Å². The first-order valence-electron chi connectivity index (χ1n) is 8.02. The van der Waals surface area contributed by atoms with Crippen LogP contribution >= 0.6 is 0 Å². The molecule has 4 heteroatoms. The summed E-state index contributed by atoms with van der Waals surface area (Å²) in [5.41, 5.74) is 2.52. The summed E-state index contributed by atoms with van der Waals surface area (Å²) in [6, 6.07) is 4.03. The molecule has 22 heavy (non-hydrogen) atoms. The summed E-state index contributed by atoms with van der Waals surface area (Å²) in [6.45, 7) is 10.1. The summed E-state index contributed by atoms with van der Waals surface area (Å²) in [5, 5.41) is 13.2. The minimum atomic E-state index is -0.586. The van der Waals surface area contributed by atoms with Crippen LogP contribution in [0.4, 0.5) is 0 Å². The third-order valence-corrected chi connectivity index (χ3v) is 4.08. The Labute approximate surface area is 132 Å². The normalized spacial score (nSPS) is 19.1. The van der Waals surface area contributed by atoms with E-state index in [1.165, 1.54) is 0 Å². The van der Waals surface area contributed by atoms with Gasteiger partial charge in [-0.25, -0.2) is 0 Å². The van der Waals surface area contributed by atoms with Gasteiger partial charge in [-0.1, -0.05) is 33.8 Å². The van der Waals surface area contributed by atoms with E-state index in [4.69, 9.17) is 4.74 Å². The highest BCUT2D eigenvalue weighted by Crippen LogP contribution is 2.39. The van der Waals surface area contributed by atoms with Crippen LogP contribution in [0.25, 0.3) is 0 Å². The molecule has 0 radical (unpaired) electrons. The highest BCUT2D eigenvalue weighted by molar-refractivity contribution is 5.82. The Morgan fingerprint density at radius 3 is 2.68 bits per heavy atom. The topological polar surface area (TPSA) is 58.6 Å². The average Bonchev–Trinajstić information content (AvgIpc) is 2.45. The minimum absolute atomic E-state index is 0.0332. The number of aryl methyl sites for hydroxylation is 1. The van der Waals surface area contributed by atoms with Crippen LogP contribution in [0.5, 0.6) is 5.75 Å². The number of aliphatic hydroxyl groups excluding tert-OH is 1. The lowest BCUT2D eigenvalue weighted by Crippen LogP contribution is -2.39. The summed E-state index contributed by atoms with van der Waals surface area (Å²) >= 11 is 0. The van der Waals surface area contributed by atoms with Gasteiger partial charge in [-0.2, -0.15) is 0 Å². The number of carbonyl (C=O) groups excluding carboxylic acids is 1. The van der Waals surface area contributed by atoms with Crippen LogP contribution in [-0.4, -0.2) is 17.6 Å². The molecule has 1 amide bonds. The van der Waals surface area contributed by atoms with Gasteiger partial charge in [0, 0.05) is 23.0 Å². The van der Waals surface area contributed by atoms with Crippen LogP contribution in [0.1, 0.15) is 69.9 Å². The molecule has 1 aliphatic rings. The maximum Gasteiger partial charge on any atom is 0.225 e. The minimum Gasteiger partial charge on any atom is -0.493 e. The molecule has 122 valence electrons. The Bertz CT molecular complexity index is 558. The Morgan fingerprint density at radius 2 is 2.14 bits per heavy atom. The average molecular weight is 305 g/mol. The molecule has 0 aromatic heterocycles. The summed E-state index contributed by atoms with van der Waals surface area (Å²) < 4.78 is 5.80. The molecule has 2 N–H and O–H groups in total. The van der Waals surface area contributed by atoms with Gasteiger partial charge in [0.05, 0.1) is 18.8 Å². The first kappa shape index (κ1) is 16.8. The van der Waals surface area contributed by atoms with Crippen LogP contribution < -0.4 is 10.1 Å². The van der Waals surface area contributed by atoms with Crippen molar-refractivity contribution in [2.45, 2.75) is 59.6 Å². The third kappa shape index (κ3) is 3.43. The monoisotopic (exact) mass is 305 g/mol. The molecule has 4 nitrogen and oxygen atoms in total. The summed E-state index contributed by atoms with van der Waals surface area (Å²) in [5.74, 6) is 0.767. The summed E-state index contributed by atoms with van der Waals surface area (Å²) in [4.78, 5) is 12.3. The van der Waals surface area contributed by atoms with Crippen molar-refractivity contribution in [3.63, 3.8) is 0 Å². The first-order valence-corrected chi connectivity index (χ1v) is 8.02. The fourth-order valence-electron chi connectivity index (χ4n) is 2.64. The molecule has 2 atom stereocenters. The lowest BCUT2D eigenvalue weighted by atomic mass is 9.90. The number of rotatable bonds is 3. The smallest absolute Gasteiger partial charge is 0.225 e. The Balaban J connectivity index is 2.41. The van der Waals surface area contributed by atoms with Gasteiger partial charge < -0.3 is 15.2 Å². The van der Waals surface area contributed by atoms with Gasteiger partial charge in [0.2, 0.25) is 5.91 Å². The number of ether oxygens (including phenoxy) is 1. The van der Waals surface area contributed by atoms with Gasteiger partial charge >= 0.3 is 0 Å². The van der Waals surface area contributed by atoms with Gasteiger partial charge in [-0.05, 0) is 25.0 Å². The number of carbonyl (C=O) groups is 1. The number of hydrogen-bond acceptors (Lipinski definition) is 3. The van der Waals surface area contributed by atoms with Crippen molar-refractivity contribution in [1.29, 1.82) is 0 Å². The van der Waals surface area contributed by atoms with Crippen molar-refractivity contribution in [1.82, 2.24) is 5.32 Å². The standard InChI is InChI=1S/C18H27NO3/c1-6-12-9-13(11(2)20)16-14(10-12)15(7-8-22-16)19-17(21)18(3,4)5/h9-11,15,20H,6-8H2,1-5H3,(H,19,21). The maximum atomic E-state index is 12.3. The van der Waals surface area contributed by atoms with Crippen LogP contribution in [-0.2, 0) is 11.2 Å². The molecule has 0 aliphatic carbocycles. The fraction of sp³-hybridized carbons (Fsp3) is 0.611. The Morgan fingerprint density at radius 1 is 1.45 bits per heavy atom. The number of aliphatic hydroxyl groups is 1. The second kappa shape index (κ2) is 6.29. The quantitative estimate of drug-likeness (QED) is 0.901. The van der Waals surface area contributed by atoms with E-state index in [0.717, 1.165) is 35.3 Å². The molecule has 2 rings (SSSR count). The highest BCUT2D eigenvalue weighted by Gasteiger charge is 2.30. The largest absolute Gasteiger partial charge is 0.493 e. The van der Waals surface area contributed by atoms with Crippen molar-refractivity contribution in [3.05, 3.63) is 28.8 Å². The second-order valence-corrected chi connectivity index (χ2v) is 7.05. The molecule has 0 bridgehead atoms. The lowest BCUT2D eigenvalue weighted by molar-refractivity contribution is -0.129. The van der Waals surface area contributed by atoms with Crippen LogP contribution in [0, 0.1) is 5.41 Å². The van der Waals surface area contributed by atoms with E-state index in [1.807, 2.05) is 26.8 Å². The van der Waals surface area contributed by atoms with Gasteiger partial charge in [-0.15, -0.1) is 0 Å². The van der Waals surface area contributed by atoms with Gasteiger partial charge in [0.25, 0.3) is 0 Å². The summed E-state index contributed by atoms with van der Waals surface area (Å²) in [7, 11) is 0. The molecule has 1 aromatic carbocycles. The fourth-order valence-corrected chi connectivity index (χ4v) is 2.64. The SMILES string of the molecule is CCc1cc(C(C)O)c2c(c1)C(NC(=O)C(C)(C)C)CCO2. The zero-order chi connectivity index (χ0) is 16.5. The molecule has 0 saturated carbocycles. The van der Waals surface area contributed by atoms with E-state index in [9.17, 15) is 9.90 Å². The van der Waals surface area contributed by atoms with Gasteiger partial charge in [0.1, 0.15) is 5.75 Å². The molecule has 2 unspecified atom stereocenters. The second-order valence-electron chi connectivity index (χ2n) is 7.05. The van der Waals surface area contributed by atoms with Gasteiger partial charge in [0.15, 0.2) is 0 Å². The predicted molar refractivity (Wildman–Crippen MR) is 86.9 cm³/mol. The number of benzene rings is 1. The molecule has 0 fully saturated rings. The molecule has 0 spiro atoms. The predicted octanol–water partition coefficient (Wildman–Crippen LogP) is 3.29. The molecule has 1 aliphatic heterocycles. The highest BCUT2D eigenvalue weighted by atomic mass is 16.5. The van der Waals surface area contributed by atoms with E-state index in [2.05, 4.69) is 18.3 Å². The van der Waals surface area contributed by atoms with E-state index >= 15 is 0 Å². The summed E-state index contributed by atoms with van der Waals surface area (Å²) in [6.07, 6.45) is 1.05. The van der Waals surface area contributed by atoms with Crippen LogP contribution in [0.2, 0.25) is 0 Å². The van der Waals surface area contributed by atoms with E-state index in [1.54, 1.807) is 6.92 Å². The van der Waals surface area contributed by atoms with Crippen molar-refractivity contribution in [2.75, 3.05) is 6.61 Å². The van der Waals surface area contributed by atoms with Crippen molar-refractivity contribution >= 4 is 5.91 Å². The zero-order valence-electron chi connectivity index (χ0n) is 14.2. The van der Waals surface area contributed by atoms with E-state index in [0.29, 0.717) is 6.61 Å². The molecule has 1 heterocycles. The zero-order valence-corrected chi connectivity index (χ0v) is 14.2. The number of fused-ring (bicyclic) bond motifs is 1. The number of hydrogen-bond donors (Lipinski definition) is 2. The van der Waals surface area contributed by atoms with Crippen LogP contribution in [0.15, 0.2) is 12.1 Å². The van der Waals surface area contributed by atoms with E-state index in [-0.39, 0.29) is 11.9 Å². The first-order chi connectivity index (χ1) is 10.2. The number of amides is 1. The molecule has 0 saturated heterocycles. The lowest BCUT2D eigenvalue weighted by Gasteiger charge is -2.31. The van der Waals surface area contributed by atoms with Gasteiger partial charge in [-0.3, -0.25) is 4.79 Å². The molecule has 1 aromatic rings. The van der Waals surface area contributed by atoms with Crippen molar-refractivity contribution in [3.8, 4) is 5.75 Å². The van der Waals surface area contributed by atoms with Crippen molar-refractivity contribution < 1.29 is 14.6 Å².